The van der Waals surface area contributed by atoms with Crippen LogP contribution in [0.5, 0.6) is 5.75 Å². The first-order valence-corrected chi connectivity index (χ1v) is 12.3. The van der Waals surface area contributed by atoms with Gasteiger partial charge < -0.3 is 9.64 Å². The zero-order valence-corrected chi connectivity index (χ0v) is 20.4. The summed E-state index contributed by atoms with van der Waals surface area (Å²) in [6.45, 7) is 5.99. The molecule has 35 heavy (non-hydrogen) atoms. The fraction of sp³-hybridized carbons (Fsp3) is 0.429. The number of imide groups is 1. The Hall–Kier alpha value is -3.48. The molecule has 0 bridgehead atoms. The molecule has 0 spiro atoms. The number of anilines is 2. The highest BCUT2D eigenvalue weighted by atomic mass is 16.5. The highest BCUT2D eigenvalue weighted by molar-refractivity contribution is 6.22. The number of hydrogen-bond donors (Lipinski definition) is 0. The van der Waals surface area contributed by atoms with Gasteiger partial charge in [-0.2, -0.15) is 0 Å². The molecule has 0 aromatic heterocycles. The molecule has 3 atom stereocenters. The lowest BCUT2D eigenvalue weighted by Crippen LogP contribution is -2.31. The van der Waals surface area contributed by atoms with E-state index in [1.54, 1.807) is 30.0 Å². The van der Waals surface area contributed by atoms with E-state index in [2.05, 4.69) is 0 Å². The van der Waals surface area contributed by atoms with Crippen LogP contribution in [0.2, 0.25) is 0 Å². The number of carbonyl (C=O) groups is 4. The molecule has 2 aromatic carbocycles. The van der Waals surface area contributed by atoms with Crippen LogP contribution in [-0.4, -0.2) is 30.2 Å². The molecule has 2 aromatic rings. The third-order valence-electron chi connectivity index (χ3n) is 7.64. The molecule has 2 aliphatic heterocycles. The molecule has 5 rings (SSSR count). The monoisotopic (exact) mass is 474 g/mol. The zero-order chi connectivity index (χ0) is 24.9. The Labute approximate surface area is 205 Å². The maximum absolute atomic E-state index is 12.9. The van der Waals surface area contributed by atoms with Gasteiger partial charge >= 0.3 is 5.97 Å². The maximum Gasteiger partial charge on any atom is 0.316 e. The minimum atomic E-state index is -0.564. The van der Waals surface area contributed by atoms with E-state index in [4.69, 9.17) is 4.74 Å². The van der Waals surface area contributed by atoms with E-state index in [0.717, 1.165) is 42.5 Å². The molecule has 3 aliphatic rings. The average Bonchev–Trinajstić information content (AvgIpc) is 3.32. The zero-order valence-electron chi connectivity index (χ0n) is 20.4. The van der Waals surface area contributed by atoms with Crippen molar-refractivity contribution < 1.29 is 23.9 Å². The number of fused-ring (bicyclic) bond motifs is 1. The standard InChI is InChI=1S/C28H30N2O5/c1-16-7-6-8-17(2)25(16)29-15-19(14-24(29)31)28(34)35-20-11-12-23(18(3)13-20)30-26(32)21-9-4-5-10-22(21)27(30)33/h6-8,11-13,19,21-22H,4-5,9-10,14-15H2,1-3H3/t19-,21-,22-/m1/s1. The minimum absolute atomic E-state index is 0.0941. The van der Waals surface area contributed by atoms with Gasteiger partial charge in [0.2, 0.25) is 17.7 Å². The Kier molecular flexibility index (Phi) is 5.95. The third-order valence-corrected chi connectivity index (χ3v) is 7.64. The second-order valence-electron chi connectivity index (χ2n) is 10.0. The molecular formula is C28H30N2O5. The van der Waals surface area contributed by atoms with Crippen LogP contribution in [-0.2, 0) is 19.2 Å². The molecule has 0 N–H and O–H groups in total. The van der Waals surface area contributed by atoms with Crippen molar-refractivity contribution in [1.29, 1.82) is 0 Å². The van der Waals surface area contributed by atoms with Gasteiger partial charge in [0.15, 0.2) is 0 Å². The molecule has 182 valence electrons. The summed E-state index contributed by atoms with van der Waals surface area (Å²) < 4.78 is 5.63. The number of ether oxygens (including phenoxy) is 1. The molecule has 7 heteroatoms. The largest absolute Gasteiger partial charge is 0.426 e. The summed E-state index contributed by atoms with van der Waals surface area (Å²) in [6, 6.07) is 10.8. The van der Waals surface area contributed by atoms with Gasteiger partial charge in [-0.05, 0) is 68.5 Å². The SMILES string of the molecule is Cc1cc(OC(=O)[C@@H]2CC(=O)N(c3c(C)cccc3C)C2)ccc1N1C(=O)[C@@H]2CCCC[C@H]2C1=O. The Balaban J connectivity index is 1.30. The van der Waals surface area contributed by atoms with Crippen molar-refractivity contribution in [1.82, 2.24) is 0 Å². The fourth-order valence-corrected chi connectivity index (χ4v) is 5.85. The van der Waals surface area contributed by atoms with Crippen LogP contribution in [0.25, 0.3) is 0 Å². The summed E-state index contributed by atoms with van der Waals surface area (Å²) in [7, 11) is 0. The van der Waals surface area contributed by atoms with E-state index in [1.807, 2.05) is 32.0 Å². The van der Waals surface area contributed by atoms with Gasteiger partial charge in [-0.1, -0.05) is 31.0 Å². The Morgan fingerprint density at radius 1 is 0.886 bits per heavy atom. The predicted octanol–water partition coefficient (Wildman–Crippen LogP) is 4.25. The number of benzene rings is 2. The van der Waals surface area contributed by atoms with Gasteiger partial charge in [0.05, 0.1) is 23.4 Å². The highest BCUT2D eigenvalue weighted by Crippen LogP contribution is 2.41. The lowest BCUT2D eigenvalue weighted by Gasteiger charge is -2.21. The van der Waals surface area contributed by atoms with Crippen molar-refractivity contribution in [2.24, 2.45) is 17.8 Å². The molecule has 7 nitrogen and oxygen atoms in total. The second-order valence-corrected chi connectivity index (χ2v) is 10.0. The van der Waals surface area contributed by atoms with E-state index in [-0.39, 0.29) is 42.5 Å². The number of aryl methyl sites for hydroxylation is 3. The normalized spacial score (nSPS) is 24.2. The number of rotatable bonds is 4. The molecule has 1 aliphatic carbocycles. The summed E-state index contributed by atoms with van der Waals surface area (Å²) in [5.41, 5.74) is 4.07. The van der Waals surface area contributed by atoms with Crippen LogP contribution in [0.15, 0.2) is 36.4 Å². The number of hydrogen-bond acceptors (Lipinski definition) is 5. The van der Waals surface area contributed by atoms with Gasteiger partial charge in [0.25, 0.3) is 0 Å². The number of para-hydroxylation sites is 1. The molecule has 1 saturated carbocycles. The Morgan fingerprint density at radius 3 is 2.11 bits per heavy atom. The number of carbonyl (C=O) groups excluding carboxylic acids is 4. The smallest absolute Gasteiger partial charge is 0.316 e. The van der Waals surface area contributed by atoms with E-state index < -0.39 is 11.9 Å². The quantitative estimate of drug-likeness (QED) is 0.376. The van der Waals surface area contributed by atoms with Crippen molar-refractivity contribution >= 4 is 35.1 Å². The average molecular weight is 475 g/mol. The molecule has 0 unspecified atom stereocenters. The van der Waals surface area contributed by atoms with Gasteiger partial charge in [-0.3, -0.25) is 19.2 Å². The number of amides is 3. The van der Waals surface area contributed by atoms with Gasteiger partial charge in [-0.25, -0.2) is 4.90 Å². The van der Waals surface area contributed by atoms with Gasteiger partial charge in [-0.15, -0.1) is 0 Å². The summed E-state index contributed by atoms with van der Waals surface area (Å²) in [5.74, 6) is -1.45. The van der Waals surface area contributed by atoms with Gasteiger partial charge in [0, 0.05) is 18.7 Å². The maximum atomic E-state index is 12.9. The van der Waals surface area contributed by atoms with Crippen LogP contribution in [0.3, 0.4) is 0 Å². The number of nitrogens with zero attached hydrogens (tertiary/aromatic N) is 2. The third kappa shape index (κ3) is 4.03. The minimum Gasteiger partial charge on any atom is -0.426 e. The molecule has 2 saturated heterocycles. The van der Waals surface area contributed by atoms with Crippen LogP contribution < -0.4 is 14.5 Å². The molecule has 2 heterocycles. The first-order valence-electron chi connectivity index (χ1n) is 12.3. The Morgan fingerprint density at radius 2 is 1.51 bits per heavy atom. The first-order chi connectivity index (χ1) is 16.8. The van der Waals surface area contributed by atoms with Crippen molar-refractivity contribution in [3.8, 4) is 5.75 Å². The number of esters is 1. The Bertz CT molecular complexity index is 1190. The second kappa shape index (κ2) is 8.95. The van der Waals surface area contributed by atoms with Crippen LogP contribution >= 0.6 is 0 Å². The topological polar surface area (TPSA) is 84.0 Å². The fourth-order valence-electron chi connectivity index (χ4n) is 5.85. The van der Waals surface area contributed by atoms with Crippen LogP contribution in [0, 0.1) is 38.5 Å². The lowest BCUT2D eigenvalue weighted by molar-refractivity contribution is -0.139. The highest BCUT2D eigenvalue weighted by Gasteiger charge is 2.49. The predicted molar refractivity (Wildman–Crippen MR) is 131 cm³/mol. The van der Waals surface area contributed by atoms with E-state index >= 15 is 0 Å². The van der Waals surface area contributed by atoms with Crippen molar-refractivity contribution in [3.05, 3.63) is 53.1 Å². The van der Waals surface area contributed by atoms with E-state index in [1.165, 1.54) is 4.90 Å². The van der Waals surface area contributed by atoms with Gasteiger partial charge in [0.1, 0.15) is 5.75 Å². The van der Waals surface area contributed by atoms with Crippen LogP contribution in [0.4, 0.5) is 11.4 Å². The molecule has 3 fully saturated rings. The van der Waals surface area contributed by atoms with Crippen molar-refractivity contribution in [2.75, 3.05) is 16.3 Å². The first kappa shape index (κ1) is 23.3. The van der Waals surface area contributed by atoms with Crippen LogP contribution in [0.1, 0.15) is 48.8 Å². The molecular weight excluding hydrogens is 444 g/mol. The summed E-state index contributed by atoms with van der Waals surface area (Å²) in [4.78, 5) is 54.5. The van der Waals surface area contributed by atoms with E-state index in [9.17, 15) is 19.2 Å². The molecule has 3 amide bonds. The summed E-state index contributed by atoms with van der Waals surface area (Å²) in [5, 5.41) is 0. The summed E-state index contributed by atoms with van der Waals surface area (Å²) >= 11 is 0. The van der Waals surface area contributed by atoms with Crippen molar-refractivity contribution in [2.45, 2.75) is 52.9 Å². The molecule has 0 radical (unpaired) electrons. The lowest BCUT2D eigenvalue weighted by atomic mass is 9.81. The van der Waals surface area contributed by atoms with Crippen molar-refractivity contribution in [3.63, 3.8) is 0 Å². The van der Waals surface area contributed by atoms with E-state index in [0.29, 0.717) is 17.0 Å². The summed E-state index contributed by atoms with van der Waals surface area (Å²) in [6.07, 6.45) is 3.58.